The molecule has 1 unspecified atom stereocenters. The Kier molecular flexibility index (Phi) is 10.6. The summed E-state index contributed by atoms with van der Waals surface area (Å²) < 4.78 is 40.4. The number of hydrogen-bond donors (Lipinski definition) is 1. The largest absolute Gasteiger partial charge is 0.382 e. The van der Waals surface area contributed by atoms with Crippen LogP contribution in [0.15, 0.2) is 59.6 Å². The van der Waals surface area contributed by atoms with Gasteiger partial charge >= 0.3 is 0 Å². The number of nitrogens with zero attached hydrogens (tertiary/aromatic N) is 8. The van der Waals surface area contributed by atoms with Crippen molar-refractivity contribution in [2.75, 3.05) is 0 Å². The third kappa shape index (κ3) is 7.50. The summed E-state index contributed by atoms with van der Waals surface area (Å²) in [5, 5.41) is 30.5. The quantitative estimate of drug-likeness (QED) is 0.165. The zero-order chi connectivity index (χ0) is 30.5. The summed E-state index contributed by atoms with van der Waals surface area (Å²) in [6.07, 6.45) is 3.42. The van der Waals surface area contributed by atoms with Crippen molar-refractivity contribution in [1.82, 2.24) is 38.7 Å². The molecule has 9 nitrogen and oxygen atoms in total. The van der Waals surface area contributed by atoms with Crippen LogP contribution in [0.3, 0.4) is 0 Å². The van der Waals surface area contributed by atoms with Crippen LogP contribution in [-0.2, 0) is 19.5 Å². The van der Waals surface area contributed by atoms with E-state index in [1.807, 2.05) is 25.4 Å². The van der Waals surface area contributed by atoms with Gasteiger partial charge in [-0.15, -0.1) is 10.2 Å². The average molecular weight is 844 g/mol. The molecule has 43 heavy (non-hydrogen) atoms. The Bertz CT molecular complexity index is 1840. The van der Waals surface area contributed by atoms with E-state index in [0.29, 0.717) is 29.9 Å². The molecule has 15 heteroatoms. The highest BCUT2D eigenvalue weighted by atomic mass is 127. The summed E-state index contributed by atoms with van der Waals surface area (Å²) in [5.41, 5.74) is 6.42. The second kappa shape index (κ2) is 14.4. The standard InChI is InChI=1S/C14H12FIN4OS.C14H12FIN4S/c1-2-20-6-12(17-19-20)14(21)10-7-22-18-13(10)9-4-3-8(15)5-11(9)16;1-2-20-7-11(17-19-20)5-9-8-21-18-14(9)12-4-3-10(15)6-13(12)16/h3-7,14,21H,2H2,1H3;3-4,6-8H,2,5H2,1H3. The molecule has 0 fully saturated rings. The Balaban J connectivity index is 0.000000171. The molecule has 1 N–H and O–H groups in total. The van der Waals surface area contributed by atoms with Gasteiger partial charge in [-0.25, -0.2) is 8.78 Å². The summed E-state index contributed by atoms with van der Waals surface area (Å²) >= 11 is 6.85. The van der Waals surface area contributed by atoms with E-state index in [0.717, 1.165) is 41.8 Å². The number of aromatic nitrogens is 8. The molecule has 6 rings (SSSR count). The minimum Gasteiger partial charge on any atom is -0.382 e. The molecule has 0 saturated carbocycles. The van der Waals surface area contributed by atoms with Gasteiger partial charge in [0.05, 0.1) is 23.3 Å². The molecule has 4 heterocycles. The van der Waals surface area contributed by atoms with Crippen molar-refractivity contribution in [3.05, 3.63) is 101 Å². The van der Waals surface area contributed by atoms with E-state index in [9.17, 15) is 13.9 Å². The molecular formula is C28H24F2I2N8OS2. The van der Waals surface area contributed by atoms with Gasteiger partial charge in [-0.3, -0.25) is 9.36 Å². The molecule has 0 aliphatic rings. The van der Waals surface area contributed by atoms with Crippen LogP contribution in [-0.4, -0.2) is 43.8 Å². The fraction of sp³-hybridized carbons (Fsp3) is 0.214. The van der Waals surface area contributed by atoms with E-state index in [1.165, 1.54) is 47.3 Å². The highest BCUT2D eigenvalue weighted by Crippen LogP contribution is 2.34. The van der Waals surface area contributed by atoms with Gasteiger partial charge in [-0.1, -0.05) is 10.4 Å². The lowest BCUT2D eigenvalue weighted by Gasteiger charge is -2.09. The van der Waals surface area contributed by atoms with E-state index >= 15 is 0 Å². The number of halogens is 4. The number of aliphatic hydroxyl groups is 1. The van der Waals surface area contributed by atoms with E-state index in [2.05, 4.69) is 74.6 Å². The number of aliphatic hydroxyl groups excluding tert-OH is 1. The Labute approximate surface area is 281 Å². The second-order valence-electron chi connectivity index (χ2n) is 9.20. The summed E-state index contributed by atoms with van der Waals surface area (Å²) in [7, 11) is 0. The van der Waals surface area contributed by atoms with Gasteiger partial charge < -0.3 is 5.11 Å². The van der Waals surface area contributed by atoms with Crippen LogP contribution in [0.25, 0.3) is 22.5 Å². The van der Waals surface area contributed by atoms with E-state index < -0.39 is 6.10 Å². The van der Waals surface area contributed by atoms with Crippen molar-refractivity contribution in [1.29, 1.82) is 0 Å². The fourth-order valence-corrected chi connectivity index (χ4v) is 7.01. The molecule has 222 valence electrons. The Morgan fingerprint density at radius 1 is 0.814 bits per heavy atom. The maximum Gasteiger partial charge on any atom is 0.127 e. The van der Waals surface area contributed by atoms with E-state index in [1.54, 1.807) is 33.1 Å². The molecule has 0 radical (unpaired) electrons. The normalized spacial score (nSPS) is 11.8. The highest BCUT2D eigenvalue weighted by Gasteiger charge is 2.22. The molecular weight excluding hydrogens is 820 g/mol. The van der Waals surface area contributed by atoms with Gasteiger partial charge in [0.25, 0.3) is 0 Å². The molecule has 0 spiro atoms. The van der Waals surface area contributed by atoms with Gasteiger partial charge in [0.1, 0.15) is 23.4 Å². The minimum absolute atomic E-state index is 0.231. The molecule has 1 atom stereocenters. The van der Waals surface area contributed by atoms with Crippen molar-refractivity contribution < 1.29 is 13.9 Å². The van der Waals surface area contributed by atoms with Crippen LogP contribution in [0.5, 0.6) is 0 Å². The number of benzene rings is 2. The third-order valence-corrected chi connectivity index (χ3v) is 9.46. The molecule has 6 aromatic rings. The third-order valence-electron chi connectivity index (χ3n) is 6.35. The van der Waals surface area contributed by atoms with Crippen molar-refractivity contribution >= 4 is 68.2 Å². The lowest BCUT2D eigenvalue weighted by molar-refractivity contribution is 0.216. The summed E-state index contributed by atoms with van der Waals surface area (Å²) in [6, 6.07) is 9.27. The van der Waals surface area contributed by atoms with Crippen molar-refractivity contribution in [3.63, 3.8) is 0 Å². The average Bonchev–Trinajstić information content (AvgIpc) is 3.81. The Hall–Kier alpha value is -2.74. The second-order valence-corrected chi connectivity index (χ2v) is 12.8. The monoisotopic (exact) mass is 844 g/mol. The van der Waals surface area contributed by atoms with Crippen LogP contribution in [0, 0.1) is 18.8 Å². The maximum absolute atomic E-state index is 13.3. The van der Waals surface area contributed by atoms with Crippen LogP contribution >= 0.6 is 68.2 Å². The highest BCUT2D eigenvalue weighted by molar-refractivity contribution is 14.1. The van der Waals surface area contributed by atoms with Gasteiger partial charge in [0.15, 0.2) is 0 Å². The summed E-state index contributed by atoms with van der Waals surface area (Å²) in [6.45, 7) is 5.46. The first kappa shape index (κ1) is 31.7. The number of hydrogen-bond acceptors (Lipinski definition) is 9. The van der Waals surface area contributed by atoms with Crippen LogP contribution in [0.2, 0.25) is 0 Å². The van der Waals surface area contributed by atoms with Gasteiger partial charge in [-0.2, -0.15) is 8.75 Å². The lowest BCUT2D eigenvalue weighted by Crippen LogP contribution is -2.01. The molecule has 0 aliphatic carbocycles. The number of aryl methyl sites for hydroxylation is 2. The van der Waals surface area contributed by atoms with Gasteiger partial charge in [-0.05, 0) is 124 Å². The van der Waals surface area contributed by atoms with Gasteiger partial charge in [0.2, 0.25) is 0 Å². The van der Waals surface area contributed by atoms with Crippen LogP contribution in [0.4, 0.5) is 8.78 Å². The first-order valence-corrected chi connectivity index (χ1v) is 16.9. The minimum atomic E-state index is -0.907. The summed E-state index contributed by atoms with van der Waals surface area (Å²) in [5.74, 6) is -0.526. The smallest absolute Gasteiger partial charge is 0.127 e. The lowest BCUT2D eigenvalue weighted by atomic mass is 10.0. The Morgan fingerprint density at radius 2 is 1.40 bits per heavy atom. The summed E-state index contributed by atoms with van der Waals surface area (Å²) in [4.78, 5) is 0. The topological polar surface area (TPSA) is 107 Å². The maximum atomic E-state index is 13.3. The van der Waals surface area contributed by atoms with Crippen LogP contribution in [0.1, 0.15) is 42.5 Å². The molecule has 0 amide bonds. The van der Waals surface area contributed by atoms with Crippen molar-refractivity contribution in [3.8, 4) is 22.5 Å². The zero-order valence-corrected chi connectivity index (χ0v) is 28.8. The predicted molar refractivity (Wildman–Crippen MR) is 179 cm³/mol. The number of rotatable bonds is 8. The molecule has 2 aromatic carbocycles. The first-order chi connectivity index (χ1) is 20.8. The van der Waals surface area contributed by atoms with Crippen LogP contribution < -0.4 is 0 Å². The zero-order valence-electron chi connectivity index (χ0n) is 22.8. The van der Waals surface area contributed by atoms with E-state index in [-0.39, 0.29) is 11.6 Å². The molecule has 4 aromatic heterocycles. The first-order valence-electron chi connectivity index (χ1n) is 13.0. The van der Waals surface area contributed by atoms with Crippen molar-refractivity contribution in [2.24, 2.45) is 0 Å². The van der Waals surface area contributed by atoms with Crippen molar-refractivity contribution in [2.45, 2.75) is 39.5 Å². The molecule has 0 aliphatic heterocycles. The van der Waals surface area contributed by atoms with E-state index in [4.69, 9.17) is 0 Å². The predicted octanol–water partition coefficient (Wildman–Crippen LogP) is 7.00. The molecule has 0 saturated heterocycles. The molecule has 0 bridgehead atoms. The Morgan fingerprint density at radius 3 is 2.00 bits per heavy atom. The van der Waals surface area contributed by atoms with Gasteiger partial charge in [0, 0.05) is 60.3 Å². The fourth-order valence-electron chi connectivity index (χ4n) is 4.13. The SMILES string of the molecule is CCn1cc(C(O)c2csnc2-c2ccc(F)cc2I)nn1.CCn1cc(Cc2csnc2-c2ccc(F)cc2I)nn1.